The van der Waals surface area contributed by atoms with Crippen LogP contribution in [0.2, 0.25) is 0 Å². The van der Waals surface area contributed by atoms with Crippen LogP contribution in [0.5, 0.6) is 0 Å². The molecule has 1 aliphatic carbocycles. The molecule has 0 amide bonds. The highest BCUT2D eigenvalue weighted by Gasteiger charge is 2.31. The van der Waals surface area contributed by atoms with Crippen molar-refractivity contribution in [3.05, 3.63) is 0 Å². The second kappa shape index (κ2) is 8.86. The third kappa shape index (κ3) is 6.89. The van der Waals surface area contributed by atoms with Gasteiger partial charge in [-0.2, -0.15) is 11.8 Å². The zero-order valence-electron chi connectivity index (χ0n) is 13.1. The number of nitrogens with one attached hydrogen (secondary N) is 2. The van der Waals surface area contributed by atoms with Gasteiger partial charge in [-0.15, -0.1) is 0 Å². The number of aliphatic hydroxyl groups is 1. The van der Waals surface area contributed by atoms with Crippen LogP contribution in [0, 0.1) is 5.92 Å². The molecule has 21 heavy (non-hydrogen) atoms. The van der Waals surface area contributed by atoms with Gasteiger partial charge in [0.2, 0.25) is 0 Å². The minimum absolute atomic E-state index is 0.480. The van der Waals surface area contributed by atoms with E-state index in [0.717, 1.165) is 62.5 Å². The smallest absolute Gasteiger partial charge is 0.191 e. The molecule has 2 aliphatic rings. The van der Waals surface area contributed by atoms with Crippen molar-refractivity contribution in [2.75, 3.05) is 44.4 Å². The topological polar surface area (TPSA) is 65.9 Å². The summed E-state index contributed by atoms with van der Waals surface area (Å²) in [5.74, 6) is 3.46. The SMILES string of the molecule is CCNC(=NCC1(O)CCSC1)NCCCOCC1CC1. The molecule has 1 heterocycles. The van der Waals surface area contributed by atoms with Crippen molar-refractivity contribution in [2.45, 2.75) is 38.2 Å². The number of rotatable bonds is 9. The molecule has 5 nitrogen and oxygen atoms in total. The van der Waals surface area contributed by atoms with Crippen LogP contribution in [0.15, 0.2) is 4.99 Å². The molecule has 6 heteroatoms. The predicted octanol–water partition coefficient (Wildman–Crippen LogP) is 1.23. The molecule has 0 aromatic heterocycles. The Labute approximate surface area is 132 Å². The van der Waals surface area contributed by atoms with Gasteiger partial charge in [-0.05, 0) is 44.3 Å². The Balaban J connectivity index is 1.60. The van der Waals surface area contributed by atoms with Crippen molar-refractivity contribution in [2.24, 2.45) is 10.9 Å². The van der Waals surface area contributed by atoms with Crippen molar-refractivity contribution in [3.63, 3.8) is 0 Å². The van der Waals surface area contributed by atoms with Crippen LogP contribution in [0.25, 0.3) is 0 Å². The second-order valence-electron chi connectivity index (χ2n) is 6.02. The van der Waals surface area contributed by atoms with Gasteiger partial charge in [0, 0.05) is 32.1 Å². The number of thioether (sulfide) groups is 1. The Hall–Kier alpha value is -0.460. The van der Waals surface area contributed by atoms with Crippen LogP contribution in [0.1, 0.15) is 32.6 Å². The van der Waals surface area contributed by atoms with E-state index in [1.807, 2.05) is 0 Å². The highest BCUT2D eigenvalue weighted by atomic mass is 32.2. The zero-order valence-corrected chi connectivity index (χ0v) is 13.9. The van der Waals surface area contributed by atoms with E-state index >= 15 is 0 Å². The van der Waals surface area contributed by atoms with Crippen LogP contribution in [-0.4, -0.2) is 61.0 Å². The molecular weight excluding hydrogens is 286 g/mol. The van der Waals surface area contributed by atoms with E-state index in [-0.39, 0.29) is 0 Å². The summed E-state index contributed by atoms with van der Waals surface area (Å²) >= 11 is 1.80. The molecule has 3 N–H and O–H groups in total. The molecule has 2 rings (SSSR count). The lowest BCUT2D eigenvalue weighted by molar-refractivity contribution is 0.0778. The number of nitrogens with zero attached hydrogens (tertiary/aromatic N) is 1. The van der Waals surface area contributed by atoms with Gasteiger partial charge in [0.05, 0.1) is 12.1 Å². The quantitative estimate of drug-likeness (QED) is 0.339. The van der Waals surface area contributed by atoms with Crippen LogP contribution in [0.3, 0.4) is 0 Å². The highest BCUT2D eigenvalue weighted by Crippen LogP contribution is 2.29. The molecule has 1 atom stereocenters. The van der Waals surface area contributed by atoms with Crippen molar-refractivity contribution >= 4 is 17.7 Å². The fraction of sp³-hybridized carbons (Fsp3) is 0.933. The van der Waals surface area contributed by atoms with E-state index in [1.165, 1.54) is 12.8 Å². The van der Waals surface area contributed by atoms with Crippen LogP contribution >= 0.6 is 11.8 Å². The van der Waals surface area contributed by atoms with Crippen LogP contribution in [0.4, 0.5) is 0 Å². The molecule has 0 bridgehead atoms. The maximum Gasteiger partial charge on any atom is 0.191 e. The summed E-state index contributed by atoms with van der Waals surface area (Å²) in [6.07, 6.45) is 4.51. The van der Waals surface area contributed by atoms with Gasteiger partial charge in [0.25, 0.3) is 0 Å². The minimum Gasteiger partial charge on any atom is -0.387 e. The first-order chi connectivity index (χ1) is 10.2. The monoisotopic (exact) mass is 315 g/mol. The zero-order chi connectivity index (χ0) is 15.0. The lowest BCUT2D eigenvalue weighted by Crippen LogP contribution is -2.40. The average Bonchev–Trinajstić information content (AvgIpc) is 3.20. The summed E-state index contributed by atoms with van der Waals surface area (Å²) in [4.78, 5) is 4.51. The molecule has 2 fully saturated rings. The molecule has 1 saturated heterocycles. The summed E-state index contributed by atoms with van der Waals surface area (Å²) in [6.45, 7) is 5.95. The van der Waals surface area contributed by atoms with Gasteiger partial charge in [0.1, 0.15) is 0 Å². The van der Waals surface area contributed by atoms with Crippen molar-refractivity contribution in [1.29, 1.82) is 0 Å². The first-order valence-electron chi connectivity index (χ1n) is 8.12. The van der Waals surface area contributed by atoms with Crippen molar-refractivity contribution < 1.29 is 9.84 Å². The third-order valence-corrected chi connectivity index (χ3v) is 5.00. The first-order valence-corrected chi connectivity index (χ1v) is 9.27. The molecule has 0 radical (unpaired) electrons. The van der Waals surface area contributed by atoms with E-state index in [2.05, 4.69) is 22.5 Å². The van der Waals surface area contributed by atoms with Crippen LogP contribution in [-0.2, 0) is 4.74 Å². The first kappa shape index (κ1) is 16.9. The number of guanidine groups is 1. The number of aliphatic imine (C=N–C) groups is 1. The summed E-state index contributed by atoms with van der Waals surface area (Å²) in [5, 5.41) is 16.8. The van der Waals surface area contributed by atoms with Gasteiger partial charge < -0.3 is 20.5 Å². The van der Waals surface area contributed by atoms with E-state index in [9.17, 15) is 5.11 Å². The summed E-state index contributed by atoms with van der Waals surface area (Å²) in [7, 11) is 0. The molecule has 1 aliphatic heterocycles. The third-order valence-electron chi connectivity index (χ3n) is 3.77. The Morgan fingerprint density at radius 1 is 1.43 bits per heavy atom. The van der Waals surface area contributed by atoms with E-state index in [4.69, 9.17) is 4.74 Å². The molecule has 0 spiro atoms. The summed E-state index contributed by atoms with van der Waals surface area (Å²) in [6, 6.07) is 0. The lowest BCUT2D eigenvalue weighted by atomic mass is 10.1. The normalized spacial score (nSPS) is 26.1. The Morgan fingerprint density at radius 3 is 2.95 bits per heavy atom. The summed E-state index contributed by atoms with van der Waals surface area (Å²) in [5.41, 5.74) is -0.611. The standard InChI is InChI=1S/C15H29N3O2S/c1-2-16-14(18-11-15(19)6-9-21-12-15)17-7-3-8-20-10-13-4-5-13/h13,19H,2-12H2,1H3,(H2,16,17,18). The van der Waals surface area contributed by atoms with Crippen molar-refractivity contribution in [3.8, 4) is 0 Å². The number of hydrogen-bond acceptors (Lipinski definition) is 4. The fourth-order valence-corrected chi connectivity index (χ4v) is 3.49. The van der Waals surface area contributed by atoms with E-state index in [1.54, 1.807) is 11.8 Å². The lowest BCUT2D eigenvalue weighted by Gasteiger charge is -2.19. The van der Waals surface area contributed by atoms with Crippen molar-refractivity contribution in [1.82, 2.24) is 10.6 Å². The van der Waals surface area contributed by atoms with Gasteiger partial charge in [-0.25, -0.2) is 0 Å². The molecule has 0 aromatic rings. The average molecular weight is 315 g/mol. The van der Waals surface area contributed by atoms with Crippen LogP contribution < -0.4 is 10.6 Å². The predicted molar refractivity (Wildman–Crippen MR) is 89.0 cm³/mol. The highest BCUT2D eigenvalue weighted by molar-refractivity contribution is 7.99. The second-order valence-corrected chi connectivity index (χ2v) is 7.13. The Kier molecular flexibility index (Phi) is 7.13. The summed E-state index contributed by atoms with van der Waals surface area (Å²) < 4.78 is 5.61. The number of ether oxygens (including phenoxy) is 1. The fourth-order valence-electron chi connectivity index (χ4n) is 2.20. The van der Waals surface area contributed by atoms with Gasteiger partial charge in [0.15, 0.2) is 5.96 Å². The molecule has 122 valence electrons. The largest absolute Gasteiger partial charge is 0.387 e. The molecule has 0 aromatic carbocycles. The van der Waals surface area contributed by atoms with Gasteiger partial charge in [-0.1, -0.05) is 0 Å². The molecular formula is C15H29N3O2S. The maximum absolute atomic E-state index is 10.3. The van der Waals surface area contributed by atoms with E-state index in [0.29, 0.717) is 6.54 Å². The van der Waals surface area contributed by atoms with Gasteiger partial charge in [-0.3, -0.25) is 4.99 Å². The molecule has 1 unspecified atom stereocenters. The molecule has 1 saturated carbocycles. The Morgan fingerprint density at radius 2 is 2.29 bits per heavy atom. The number of hydrogen-bond donors (Lipinski definition) is 3. The minimum atomic E-state index is -0.611. The maximum atomic E-state index is 10.3. The van der Waals surface area contributed by atoms with E-state index < -0.39 is 5.60 Å². The Bertz CT molecular complexity index is 329. The van der Waals surface area contributed by atoms with Gasteiger partial charge >= 0.3 is 0 Å².